The number of nitriles is 1. The van der Waals surface area contributed by atoms with Crippen LogP contribution in [0.4, 0.5) is 5.69 Å². The Morgan fingerprint density at radius 1 is 1.12 bits per heavy atom. The predicted molar refractivity (Wildman–Crippen MR) is 85.4 cm³/mol. The van der Waals surface area contributed by atoms with E-state index in [4.69, 9.17) is 10.00 Å². The SMILES string of the molecule is N#Cc1ccc(C(=O)NNC(=O)COc2ccccc2[N+](=O)[O-])cc1. The van der Waals surface area contributed by atoms with E-state index in [1.807, 2.05) is 6.07 Å². The molecule has 0 fully saturated rings. The lowest BCUT2D eigenvalue weighted by Crippen LogP contribution is -2.43. The normalized spacial score (nSPS) is 9.56. The highest BCUT2D eigenvalue weighted by atomic mass is 16.6. The molecule has 0 saturated carbocycles. The fraction of sp³-hybridized carbons (Fsp3) is 0.0625. The molecule has 0 radical (unpaired) electrons. The molecule has 2 aromatic carbocycles. The highest BCUT2D eigenvalue weighted by molar-refractivity contribution is 5.95. The minimum Gasteiger partial charge on any atom is -0.477 e. The summed E-state index contributed by atoms with van der Waals surface area (Å²) in [6, 6.07) is 13.3. The summed E-state index contributed by atoms with van der Waals surface area (Å²) in [5, 5.41) is 19.5. The number of nitro groups is 1. The van der Waals surface area contributed by atoms with E-state index in [1.165, 1.54) is 48.5 Å². The molecule has 0 unspecified atom stereocenters. The number of ether oxygens (including phenoxy) is 1. The first-order chi connectivity index (χ1) is 12.0. The second-order valence-electron chi connectivity index (χ2n) is 4.70. The summed E-state index contributed by atoms with van der Waals surface area (Å²) in [5.41, 5.74) is 4.69. The molecule has 0 aliphatic rings. The van der Waals surface area contributed by atoms with Crippen molar-refractivity contribution in [3.05, 3.63) is 69.8 Å². The smallest absolute Gasteiger partial charge is 0.310 e. The first-order valence-corrected chi connectivity index (χ1v) is 6.97. The summed E-state index contributed by atoms with van der Waals surface area (Å²) in [6.45, 7) is -0.515. The molecule has 0 atom stereocenters. The third kappa shape index (κ3) is 4.77. The Morgan fingerprint density at radius 2 is 1.80 bits per heavy atom. The molecule has 0 heterocycles. The minimum absolute atomic E-state index is 0.0546. The highest BCUT2D eigenvalue weighted by Crippen LogP contribution is 2.25. The largest absolute Gasteiger partial charge is 0.477 e. The second-order valence-corrected chi connectivity index (χ2v) is 4.70. The summed E-state index contributed by atoms with van der Waals surface area (Å²) >= 11 is 0. The lowest BCUT2D eigenvalue weighted by molar-refractivity contribution is -0.385. The lowest BCUT2D eigenvalue weighted by Gasteiger charge is -2.09. The van der Waals surface area contributed by atoms with E-state index in [0.29, 0.717) is 5.56 Å². The molecule has 0 aliphatic heterocycles. The minimum atomic E-state index is -0.694. The molecule has 2 N–H and O–H groups in total. The van der Waals surface area contributed by atoms with E-state index >= 15 is 0 Å². The zero-order valence-electron chi connectivity index (χ0n) is 12.8. The van der Waals surface area contributed by atoms with Crippen LogP contribution in [-0.4, -0.2) is 23.3 Å². The van der Waals surface area contributed by atoms with Crippen LogP contribution in [0, 0.1) is 21.4 Å². The van der Waals surface area contributed by atoms with Crippen molar-refractivity contribution in [1.82, 2.24) is 10.9 Å². The number of hydrogen-bond acceptors (Lipinski definition) is 6. The van der Waals surface area contributed by atoms with Crippen LogP contribution in [0.3, 0.4) is 0 Å². The number of carbonyl (C=O) groups is 2. The third-order valence-corrected chi connectivity index (χ3v) is 3.01. The molecular formula is C16H12N4O5. The van der Waals surface area contributed by atoms with Crippen LogP contribution in [0.15, 0.2) is 48.5 Å². The van der Waals surface area contributed by atoms with Gasteiger partial charge in [0.15, 0.2) is 12.4 Å². The van der Waals surface area contributed by atoms with Gasteiger partial charge in [-0.05, 0) is 30.3 Å². The highest BCUT2D eigenvalue weighted by Gasteiger charge is 2.15. The Labute approximate surface area is 142 Å². The fourth-order valence-electron chi connectivity index (χ4n) is 1.80. The first-order valence-electron chi connectivity index (χ1n) is 6.97. The molecule has 126 valence electrons. The van der Waals surface area contributed by atoms with Crippen LogP contribution in [0.25, 0.3) is 0 Å². The zero-order valence-corrected chi connectivity index (χ0v) is 12.8. The fourth-order valence-corrected chi connectivity index (χ4v) is 1.80. The zero-order chi connectivity index (χ0) is 18.2. The molecule has 2 rings (SSSR count). The molecule has 9 nitrogen and oxygen atoms in total. The van der Waals surface area contributed by atoms with Gasteiger partial charge in [0.25, 0.3) is 11.8 Å². The number of carbonyl (C=O) groups excluding carboxylic acids is 2. The number of nitro benzene ring substituents is 1. The van der Waals surface area contributed by atoms with Gasteiger partial charge in [-0.25, -0.2) is 0 Å². The number of hydrazine groups is 1. The topological polar surface area (TPSA) is 134 Å². The maximum Gasteiger partial charge on any atom is 0.310 e. The van der Waals surface area contributed by atoms with Gasteiger partial charge in [0.2, 0.25) is 0 Å². The van der Waals surface area contributed by atoms with Gasteiger partial charge in [0.1, 0.15) is 0 Å². The summed E-state index contributed by atoms with van der Waals surface area (Å²) in [6.07, 6.45) is 0. The number of rotatable bonds is 5. The molecule has 0 spiro atoms. The summed E-state index contributed by atoms with van der Waals surface area (Å²) in [7, 11) is 0. The van der Waals surface area contributed by atoms with Crippen LogP contribution in [-0.2, 0) is 4.79 Å². The average Bonchev–Trinajstić information content (AvgIpc) is 2.64. The monoisotopic (exact) mass is 340 g/mol. The van der Waals surface area contributed by atoms with Crippen LogP contribution in [0.1, 0.15) is 15.9 Å². The Balaban J connectivity index is 1.85. The van der Waals surface area contributed by atoms with Crippen molar-refractivity contribution in [3.8, 4) is 11.8 Å². The predicted octanol–water partition coefficient (Wildman–Crippen LogP) is 1.31. The van der Waals surface area contributed by atoms with Gasteiger partial charge < -0.3 is 4.74 Å². The Kier molecular flexibility index (Phi) is 5.63. The van der Waals surface area contributed by atoms with Crippen molar-refractivity contribution in [2.75, 3.05) is 6.61 Å². The Bertz CT molecular complexity index is 842. The number of para-hydroxylation sites is 2. The van der Waals surface area contributed by atoms with Gasteiger partial charge >= 0.3 is 5.69 Å². The van der Waals surface area contributed by atoms with Crippen molar-refractivity contribution in [2.45, 2.75) is 0 Å². The van der Waals surface area contributed by atoms with Crippen molar-refractivity contribution < 1.29 is 19.2 Å². The molecule has 25 heavy (non-hydrogen) atoms. The summed E-state index contributed by atoms with van der Waals surface area (Å²) in [4.78, 5) is 33.7. The van der Waals surface area contributed by atoms with Gasteiger partial charge in [-0.3, -0.25) is 30.6 Å². The van der Waals surface area contributed by atoms with Crippen LogP contribution < -0.4 is 15.6 Å². The van der Waals surface area contributed by atoms with Crippen molar-refractivity contribution in [3.63, 3.8) is 0 Å². The van der Waals surface area contributed by atoms with Crippen LogP contribution in [0.5, 0.6) is 5.75 Å². The van der Waals surface area contributed by atoms with Crippen molar-refractivity contribution in [2.24, 2.45) is 0 Å². The van der Waals surface area contributed by atoms with E-state index in [2.05, 4.69) is 10.9 Å². The Hall–Kier alpha value is -3.93. The molecule has 0 aromatic heterocycles. The lowest BCUT2D eigenvalue weighted by atomic mass is 10.1. The summed E-state index contributed by atoms with van der Waals surface area (Å²) in [5.74, 6) is -1.33. The van der Waals surface area contributed by atoms with Crippen molar-refractivity contribution >= 4 is 17.5 Å². The Morgan fingerprint density at radius 3 is 2.44 bits per heavy atom. The number of nitrogens with one attached hydrogen (secondary N) is 2. The van der Waals surface area contributed by atoms with Crippen LogP contribution >= 0.6 is 0 Å². The maximum atomic E-state index is 11.8. The third-order valence-electron chi connectivity index (χ3n) is 3.01. The quantitative estimate of drug-likeness (QED) is 0.622. The van der Waals surface area contributed by atoms with E-state index < -0.39 is 23.3 Å². The second kappa shape index (κ2) is 8.07. The van der Waals surface area contributed by atoms with E-state index in [1.54, 1.807) is 0 Å². The molecule has 9 heteroatoms. The number of hydrogen-bond donors (Lipinski definition) is 2. The van der Waals surface area contributed by atoms with Gasteiger partial charge in [-0.2, -0.15) is 5.26 Å². The first kappa shape index (κ1) is 17.4. The number of amides is 2. The number of benzene rings is 2. The standard InChI is InChI=1S/C16H12N4O5/c17-9-11-5-7-12(8-6-11)16(22)19-18-15(21)10-25-14-4-2-1-3-13(14)20(23)24/h1-8H,10H2,(H,18,21)(H,19,22). The molecule has 2 aromatic rings. The molecule has 0 aliphatic carbocycles. The van der Waals surface area contributed by atoms with Gasteiger partial charge in [-0.15, -0.1) is 0 Å². The maximum absolute atomic E-state index is 11.8. The van der Waals surface area contributed by atoms with Gasteiger partial charge in [0.05, 0.1) is 16.6 Å². The number of nitrogens with zero attached hydrogens (tertiary/aromatic N) is 2. The molecule has 2 amide bonds. The molecular weight excluding hydrogens is 328 g/mol. The van der Waals surface area contributed by atoms with E-state index in [-0.39, 0.29) is 17.0 Å². The van der Waals surface area contributed by atoms with Crippen molar-refractivity contribution in [1.29, 1.82) is 5.26 Å². The molecule has 0 bridgehead atoms. The van der Waals surface area contributed by atoms with Gasteiger partial charge in [0, 0.05) is 11.6 Å². The van der Waals surface area contributed by atoms with E-state index in [9.17, 15) is 19.7 Å². The molecule has 0 saturated heterocycles. The summed E-state index contributed by atoms with van der Waals surface area (Å²) < 4.78 is 5.09. The van der Waals surface area contributed by atoms with Gasteiger partial charge in [-0.1, -0.05) is 12.1 Å². The van der Waals surface area contributed by atoms with Crippen LogP contribution in [0.2, 0.25) is 0 Å². The average molecular weight is 340 g/mol. The van der Waals surface area contributed by atoms with E-state index in [0.717, 1.165) is 0 Å².